The number of carbonyl (C=O) groups is 1. The quantitative estimate of drug-likeness (QED) is 0.833. The molecule has 1 aromatic carbocycles. The minimum absolute atomic E-state index is 0.0107. The Balaban J connectivity index is 2.12. The van der Waals surface area contributed by atoms with E-state index in [2.05, 4.69) is 24.5 Å². The van der Waals surface area contributed by atoms with Gasteiger partial charge in [-0.15, -0.1) is 0 Å². The lowest BCUT2D eigenvalue weighted by molar-refractivity contribution is -0.126. The molecule has 0 saturated carbocycles. The summed E-state index contributed by atoms with van der Waals surface area (Å²) >= 11 is 0. The average Bonchev–Trinajstić information content (AvgIpc) is 2.58. The molecule has 1 aromatic rings. The Bertz CT molecular complexity index is 587. The van der Waals surface area contributed by atoms with Crippen LogP contribution in [-0.2, 0) is 11.3 Å². The Kier molecular flexibility index (Phi) is 5.94. The molecule has 1 heterocycles. The maximum atomic E-state index is 12.6. The van der Waals surface area contributed by atoms with E-state index in [1.165, 1.54) is 0 Å². The number of carbonyl (C=O) groups excluding carboxylic acids is 1. The molecule has 0 aliphatic carbocycles. The molecule has 6 nitrogen and oxygen atoms in total. The number of piperidine rings is 1. The maximum Gasteiger partial charge on any atom is 0.237 e. The third-order valence-corrected chi connectivity index (χ3v) is 4.63. The van der Waals surface area contributed by atoms with Gasteiger partial charge in [0.05, 0.1) is 27.4 Å². The van der Waals surface area contributed by atoms with Crippen LogP contribution in [0.2, 0.25) is 0 Å². The fraction of sp³-hybridized carbons (Fsp3) is 0.611. The van der Waals surface area contributed by atoms with Crippen LogP contribution in [0.4, 0.5) is 0 Å². The van der Waals surface area contributed by atoms with Gasteiger partial charge in [0.15, 0.2) is 11.5 Å². The topological polar surface area (TPSA) is 68.8 Å². The van der Waals surface area contributed by atoms with Gasteiger partial charge in [0, 0.05) is 18.2 Å². The van der Waals surface area contributed by atoms with Crippen molar-refractivity contribution in [3.63, 3.8) is 0 Å². The number of hydrogen-bond donors (Lipinski definition) is 2. The third kappa shape index (κ3) is 3.93. The van der Waals surface area contributed by atoms with E-state index < -0.39 is 0 Å². The fourth-order valence-corrected chi connectivity index (χ4v) is 3.17. The summed E-state index contributed by atoms with van der Waals surface area (Å²) in [5.41, 5.74) is 0.793. The molecule has 1 saturated heterocycles. The van der Waals surface area contributed by atoms with Crippen molar-refractivity contribution in [1.29, 1.82) is 0 Å². The maximum absolute atomic E-state index is 12.6. The summed E-state index contributed by atoms with van der Waals surface area (Å²) in [4.78, 5) is 12.6. The van der Waals surface area contributed by atoms with E-state index in [-0.39, 0.29) is 17.4 Å². The van der Waals surface area contributed by atoms with Gasteiger partial charge >= 0.3 is 0 Å². The van der Waals surface area contributed by atoms with Crippen molar-refractivity contribution in [2.75, 3.05) is 27.9 Å². The monoisotopic (exact) mass is 336 g/mol. The highest BCUT2D eigenvalue weighted by Gasteiger charge is 2.36. The van der Waals surface area contributed by atoms with E-state index in [1.807, 2.05) is 6.07 Å². The first-order valence-electron chi connectivity index (χ1n) is 8.23. The van der Waals surface area contributed by atoms with E-state index >= 15 is 0 Å². The van der Waals surface area contributed by atoms with Crippen LogP contribution in [0.25, 0.3) is 0 Å². The fourth-order valence-electron chi connectivity index (χ4n) is 3.17. The first-order chi connectivity index (χ1) is 11.4. The van der Waals surface area contributed by atoms with Gasteiger partial charge in [0.25, 0.3) is 0 Å². The normalized spacial score (nSPS) is 19.5. The molecule has 1 aliphatic heterocycles. The summed E-state index contributed by atoms with van der Waals surface area (Å²) in [6.07, 6.45) is 2.14. The van der Waals surface area contributed by atoms with Gasteiger partial charge < -0.3 is 24.8 Å². The molecule has 0 bridgehead atoms. The van der Waals surface area contributed by atoms with Crippen molar-refractivity contribution in [1.82, 2.24) is 10.6 Å². The highest BCUT2D eigenvalue weighted by molar-refractivity contribution is 5.82. The molecule has 24 heavy (non-hydrogen) atoms. The number of methoxy groups -OCH3 is 3. The lowest BCUT2D eigenvalue weighted by Crippen LogP contribution is -2.55. The molecule has 2 rings (SSSR count). The molecule has 6 heteroatoms. The summed E-state index contributed by atoms with van der Waals surface area (Å²) < 4.78 is 16.0. The number of benzene rings is 1. The molecular weight excluding hydrogens is 308 g/mol. The molecule has 1 unspecified atom stereocenters. The van der Waals surface area contributed by atoms with Crippen LogP contribution in [0.1, 0.15) is 32.3 Å². The standard InChI is InChI=1S/C18H28N2O4/c1-18(2)7-6-8-19-16(18)17(21)20-11-12-9-14(23-4)15(24-5)10-13(12)22-3/h9-10,16,19H,6-8,11H2,1-5H3,(H,20,21). The Morgan fingerprint density at radius 3 is 2.38 bits per heavy atom. The number of amides is 1. The smallest absolute Gasteiger partial charge is 0.237 e. The Morgan fingerprint density at radius 2 is 1.79 bits per heavy atom. The predicted molar refractivity (Wildman–Crippen MR) is 92.8 cm³/mol. The molecule has 1 amide bonds. The highest BCUT2D eigenvalue weighted by Crippen LogP contribution is 2.35. The SMILES string of the molecule is COc1cc(OC)c(OC)cc1CNC(=O)C1NCCCC1(C)C. The van der Waals surface area contributed by atoms with Gasteiger partial charge in [0.1, 0.15) is 5.75 Å². The van der Waals surface area contributed by atoms with Gasteiger partial charge in [-0.25, -0.2) is 0 Å². The van der Waals surface area contributed by atoms with Crippen LogP contribution < -0.4 is 24.8 Å². The van der Waals surface area contributed by atoms with E-state index in [9.17, 15) is 4.79 Å². The van der Waals surface area contributed by atoms with Crippen LogP contribution >= 0.6 is 0 Å². The zero-order chi connectivity index (χ0) is 17.7. The van der Waals surface area contributed by atoms with E-state index in [1.54, 1.807) is 27.4 Å². The second-order valence-electron chi connectivity index (χ2n) is 6.72. The van der Waals surface area contributed by atoms with E-state index in [0.717, 1.165) is 24.9 Å². The second kappa shape index (κ2) is 7.75. The lowest BCUT2D eigenvalue weighted by Gasteiger charge is -2.38. The molecule has 0 radical (unpaired) electrons. The first-order valence-corrected chi connectivity index (χ1v) is 8.23. The number of rotatable bonds is 6. The van der Waals surface area contributed by atoms with Crippen LogP contribution in [0.3, 0.4) is 0 Å². The zero-order valence-corrected chi connectivity index (χ0v) is 15.2. The molecule has 0 aromatic heterocycles. The average molecular weight is 336 g/mol. The number of hydrogen-bond acceptors (Lipinski definition) is 5. The van der Waals surface area contributed by atoms with Crippen molar-refractivity contribution in [3.8, 4) is 17.2 Å². The zero-order valence-electron chi connectivity index (χ0n) is 15.2. The second-order valence-corrected chi connectivity index (χ2v) is 6.72. The Labute approximate surface area is 143 Å². The molecular formula is C18H28N2O4. The van der Waals surface area contributed by atoms with Crippen molar-refractivity contribution in [3.05, 3.63) is 17.7 Å². The Morgan fingerprint density at radius 1 is 1.17 bits per heavy atom. The van der Waals surface area contributed by atoms with Crippen molar-refractivity contribution >= 4 is 5.91 Å². The summed E-state index contributed by atoms with van der Waals surface area (Å²) in [6.45, 7) is 5.50. The van der Waals surface area contributed by atoms with Gasteiger partial charge in [-0.3, -0.25) is 4.79 Å². The van der Waals surface area contributed by atoms with E-state index in [0.29, 0.717) is 23.8 Å². The summed E-state index contributed by atoms with van der Waals surface area (Å²) in [6, 6.07) is 3.41. The van der Waals surface area contributed by atoms with Crippen molar-refractivity contribution < 1.29 is 19.0 Å². The Hall–Kier alpha value is -1.95. The summed E-state index contributed by atoms with van der Waals surface area (Å²) in [7, 11) is 4.76. The summed E-state index contributed by atoms with van der Waals surface area (Å²) in [5, 5.41) is 6.34. The van der Waals surface area contributed by atoms with Crippen LogP contribution in [0.5, 0.6) is 17.2 Å². The first kappa shape index (κ1) is 18.4. The third-order valence-electron chi connectivity index (χ3n) is 4.63. The number of ether oxygens (including phenoxy) is 3. The van der Waals surface area contributed by atoms with E-state index in [4.69, 9.17) is 14.2 Å². The molecule has 1 atom stereocenters. The van der Waals surface area contributed by atoms with Gasteiger partial charge in [-0.1, -0.05) is 13.8 Å². The van der Waals surface area contributed by atoms with Gasteiger partial charge in [-0.2, -0.15) is 0 Å². The number of nitrogens with one attached hydrogen (secondary N) is 2. The van der Waals surface area contributed by atoms with Gasteiger partial charge in [-0.05, 0) is 30.9 Å². The predicted octanol–water partition coefficient (Wildman–Crippen LogP) is 2.11. The van der Waals surface area contributed by atoms with Crippen LogP contribution in [0.15, 0.2) is 12.1 Å². The molecule has 1 aliphatic rings. The minimum atomic E-state index is -0.183. The largest absolute Gasteiger partial charge is 0.496 e. The van der Waals surface area contributed by atoms with Crippen LogP contribution in [0, 0.1) is 5.41 Å². The molecule has 0 spiro atoms. The van der Waals surface area contributed by atoms with Gasteiger partial charge in [0.2, 0.25) is 5.91 Å². The van der Waals surface area contributed by atoms with Crippen molar-refractivity contribution in [2.45, 2.75) is 39.3 Å². The van der Waals surface area contributed by atoms with Crippen molar-refractivity contribution in [2.24, 2.45) is 5.41 Å². The van der Waals surface area contributed by atoms with Crippen LogP contribution in [-0.4, -0.2) is 39.8 Å². The molecule has 2 N–H and O–H groups in total. The lowest BCUT2D eigenvalue weighted by atomic mass is 9.77. The molecule has 1 fully saturated rings. The molecule has 134 valence electrons. The summed E-state index contributed by atoms with van der Waals surface area (Å²) in [5.74, 6) is 1.87. The minimum Gasteiger partial charge on any atom is -0.496 e. The highest BCUT2D eigenvalue weighted by atomic mass is 16.5.